The van der Waals surface area contributed by atoms with Crippen LogP contribution in [0.4, 0.5) is 5.69 Å². The zero-order valence-corrected chi connectivity index (χ0v) is 20.6. The molecule has 7 heteroatoms. The molecule has 2 fully saturated rings. The fourth-order valence-electron chi connectivity index (χ4n) is 5.49. The topological polar surface area (TPSA) is 73.0 Å². The second kappa shape index (κ2) is 11.2. The summed E-state index contributed by atoms with van der Waals surface area (Å²) in [6, 6.07) is 3.98. The molecule has 5 rings (SSSR count). The molecule has 0 bridgehead atoms. The van der Waals surface area contributed by atoms with Gasteiger partial charge >= 0.3 is 0 Å². The minimum atomic E-state index is -0.598. The predicted octanol–water partition coefficient (Wildman–Crippen LogP) is 3.37. The summed E-state index contributed by atoms with van der Waals surface area (Å²) < 4.78 is 40.0. The van der Waals surface area contributed by atoms with Gasteiger partial charge in [0, 0.05) is 50.4 Å². The number of piperazine rings is 1. The smallest absolute Gasteiger partial charge is 0.255 e. The quantitative estimate of drug-likeness (QED) is 0.428. The number of unbranched alkanes of at least 4 members (excludes halogenated alkanes) is 3. The number of carbonyl (C=O) groups excluding carboxylic acids is 3. The summed E-state index contributed by atoms with van der Waals surface area (Å²) in [5, 5.41) is 2.35. The lowest BCUT2D eigenvalue weighted by molar-refractivity contribution is -0.136. The van der Waals surface area contributed by atoms with Gasteiger partial charge in [0.2, 0.25) is 11.8 Å². The van der Waals surface area contributed by atoms with Crippen LogP contribution in [0.2, 0.25) is 0 Å². The molecule has 3 aliphatic heterocycles. The van der Waals surface area contributed by atoms with E-state index in [9.17, 15) is 14.4 Å². The zero-order valence-electron chi connectivity index (χ0n) is 25.6. The fraction of sp³-hybridized carbons (Fsp3) is 0.483. The average molecular weight is 494 g/mol. The molecule has 1 unspecified atom stereocenters. The van der Waals surface area contributed by atoms with Crippen LogP contribution in [-0.4, -0.2) is 66.3 Å². The van der Waals surface area contributed by atoms with Crippen molar-refractivity contribution in [2.45, 2.75) is 57.5 Å². The van der Waals surface area contributed by atoms with Gasteiger partial charge in [0.1, 0.15) is 6.04 Å². The van der Waals surface area contributed by atoms with E-state index in [1.165, 1.54) is 0 Å². The summed E-state index contributed by atoms with van der Waals surface area (Å²) in [6.07, 6.45) is 5.70. The summed E-state index contributed by atoms with van der Waals surface area (Å²) in [7, 11) is 0. The maximum atomic E-state index is 13.0. The first-order chi connectivity index (χ1) is 19.7. The van der Waals surface area contributed by atoms with Gasteiger partial charge in [-0.3, -0.25) is 24.6 Å². The molecule has 190 valence electrons. The third-order valence-corrected chi connectivity index (χ3v) is 7.52. The number of anilines is 1. The number of imide groups is 1. The van der Waals surface area contributed by atoms with E-state index in [-0.39, 0.29) is 54.4 Å². The average Bonchev–Trinajstić information content (AvgIpc) is 3.30. The Bertz CT molecular complexity index is 1330. The third-order valence-electron chi connectivity index (χ3n) is 7.52. The summed E-state index contributed by atoms with van der Waals surface area (Å²) >= 11 is 0. The number of nitrogens with zero attached hydrogens (tertiary/aromatic N) is 3. The molecule has 2 aromatic carbocycles. The number of rotatable bonds is 9. The Morgan fingerprint density at radius 1 is 0.944 bits per heavy atom. The number of benzene rings is 2. The SMILES string of the molecule is [2H]c1c([2H])c([2H])c(N2CCN(CCCCCCc3cccc4c3CN(C3CCC(=O)NC3=O)C4=O)CC2)c([2H])c1[2H]. The van der Waals surface area contributed by atoms with E-state index in [2.05, 4.69) is 16.3 Å². The molecule has 0 saturated carbocycles. The van der Waals surface area contributed by atoms with Crippen LogP contribution in [0, 0.1) is 0 Å². The van der Waals surface area contributed by atoms with Crippen LogP contribution in [0.5, 0.6) is 0 Å². The van der Waals surface area contributed by atoms with Crippen LogP contribution in [0.3, 0.4) is 0 Å². The fourth-order valence-corrected chi connectivity index (χ4v) is 5.49. The molecule has 1 atom stereocenters. The molecule has 3 heterocycles. The standard InChI is InChI=1S/C29H36N4O3/c34-27-15-14-26(28(35)30-27)33-21-25-22(10-8-13-24(25)29(33)36)9-4-1-2-7-16-31-17-19-32(20-18-31)23-11-5-3-6-12-23/h3,5-6,8,10-13,26H,1-2,4,7,9,14-21H2,(H,30,34,35)/i3D,5D,6D,11D,12D. The van der Waals surface area contributed by atoms with Crippen LogP contribution in [-0.2, 0) is 22.6 Å². The molecule has 7 nitrogen and oxygen atoms in total. The van der Waals surface area contributed by atoms with Crippen LogP contribution < -0.4 is 10.2 Å². The van der Waals surface area contributed by atoms with Gasteiger partial charge in [-0.05, 0) is 61.5 Å². The monoisotopic (exact) mass is 493 g/mol. The molecule has 36 heavy (non-hydrogen) atoms. The minimum Gasteiger partial charge on any atom is -0.369 e. The number of piperidine rings is 1. The van der Waals surface area contributed by atoms with Gasteiger partial charge in [-0.1, -0.05) is 43.1 Å². The van der Waals surface area contributed by atoms with Crippen molar-refractivity contribution < 1.29 is 21.2 Å². The van der Waals surface area contributed by atoms with Gasteiger partial charge in [0.05, 0.1) is 6.85 Å². The highest BCUT2D eigenvalue weighted by molar-refractivity contribution is 6.05. The van der Waals surface area contributed by atoms with E-state index >= 15 is 0 Å². The molecular formula is C29H36N4O3. The molecule has 2 saturated heterocycles. The highest BCUT2D eigenvalue weighted by atomic mass is 16.2. The number of hydrogen-bond acceptors (Lipinski definition) is 5. The lowest BCUT2D eigenvalue weighted by Crippen LogP contribution is -2.52. The van der Waals surface area contributed by atoms with Crippen molar-refractivity contribution in [2.75, 3.05) is 37.6 Å². The second-order valence-corrected chi connectivity index (χ2v) is 9.81. The Morgan fingerprint density at radius 3 is 2.50 bits per heavy atom. The van der Waals surface area contributed by atoms with E-state index in [4.69, 9.17) is 6.85 Å². The first kappa shape index (κ1) is 19.0. The summed E-state index contributed by atoms with van der Waals surface area (Å²) in [4.78, 5) is 42.8. The van der Waals surface area contributed by atoms with Gasteiger partial charge in [-0.15, -0.1) is 0 Å². The first-order valence-electron chi connectivity index (χ1n) is 15.5. The molecule has 0 aliphatic carbocycles. The molecule has 0 aromatic heterocycles. The van der Waals surface area contributed by atoms with E-state index < -0.39 is 6.04 Å². The molecule has 3 amide bonds. The maximum absolute atomic E-state index is 13.0. The Kier molecular flexibility index (Phi) is 5.93. The van der Waals surface area contributed by atoms with Crippen LogP contribution >= 0.6 is 0 Å². The van der Waals surface area contributed by atoms with Crippen molar-refractivity contribution in [2.24, 2.45) is 0 Å². The molecule has 0 spiro atoms. The lowest BCUT2D eigenvalue weighted by Gasteiger charge is -2.36. The molecule has 2 aromatic rings. The van der Waals surface area contributed by atoms with Gasteiger partial charge in [0.25, 0.3) is 5.91 Å². The number of hydrogen-bond donors (Lipinski definition) is 1. The van der Waals surface area contributed by atoms with Crippen LogP contribution in [0.1, 0.15) is 66.9 Å². The Balaban J connectivity index is 1.05. The van der Waals surface area contributed by atoms with Crippen molar-refractivity contribution in [3.63, 3.8) is 0 Å². The third kappa shape index (κ3) is 5.46. The minimum absolute atomic E-state index is 0.136. The van der Waals surface area contributed by atoms with E-state index in [1.807, 2.05) is 17.0 Å². The van der Waals surface area contributed by atoms with Gasteiger partial charge in [-0.25, -0.2) is 0 Å². The van der Waals surface area contributed by atoms with Crippen LogP contribution in [0.25, 0.3) is 0 Å². The van der Waals surface area contributed by atoms with Gasteiger partial charge < -0.3 is 9.80 Å². The van der Waals surface area contributed by atoms with Crippen molar-refractivity contribution in [3.05, 3.63) is 65.1 Å². The van der Waals surface area contributed by atoms with Crippen LogP contribution in [0.15, 0.2) is 48.4 Å². The molecule has 3 aliphatic rings. The van der Waals surface area contributed by atoms with Gasteiger partial charge in [-0.2, -0.15) is 0 Å². The van der Waals surface area contributed by atoms with E-state index in [0.717, 1.165) is 62.9 Å². The second-order valence-electron chi connectivity index (χ2n) is 9.81. The highest BCUT2D eigenvalue weighted by Gasteiger charge is 2.39. The van der Waals surface area contributed by atoms with E-state index in [0.29, 0.717) is 37.3 Å². The number of fused-ring (bicyclic) bond motifs is 1. The Labute approximate surface area is 220 Å². The number of aryl methyl sites for hydroxylation is 1. The normalized spacial score (nSPS) is 22.5. The van der Waals surface area contributed by atoms with Gasteiger partial charge in [0.15, 0.2) is 0 Å². The number of carbonyl (C=O) groups is 3. The predicted molar refractivity (Wildman–Crippen MR) is 140 cm³/mol. The van der Waals surface area contributed by atoms with Crippen molar-refractivity contribution >= 4 is 23.4 Å². The molecule has 0 radical (unpaired) electrons. The summed E-state index contributed by atoms with van der Waals surface area (Å²) in [5.41, 5.74) is 3.11. The zero-order chi connectivity index (χ0) is 29.3. The molecular weight excluding hydrogens is 452 g/mol. The molecule has 1 N–H and O–H groups in total. The first-order valence-corrected chi connectivity index (χ1v) is 13.0. The Morgan fingerprint density at radius 2 is 1.72 bits per heavy atom. The van der Waals surface area contributed by atoms with Crippen molar-refractivity contribution in [3.8, 4) is 0 Å². The summed E-state index contributed by atoms with van der Waals surface area (Å²) in [5.74, 6) is -0.811. The van der Waals surface area contributed by atoms with E-state index in [1.54, 1.807) is 4.90 Å². The number of amides is 3. The Hall–Kier alpha value is -3.19. The maximum Gasteiger partial charge on any atom is 0.255 e. The number of para-hydroxylation sites is 1. The largest absolute Gasteiger partial charge is 0.369 e. The lowest BCUT2D eigenvalue weighted by atomic mass is 9.98. The highest BCUT2D eigenvalue weighted by Crippen LogP contribution is 2.30. The van der Waals surface area contributed by atoms with Crippen molar-refractivity contribution in [1.82, 2.24) is 15.1 Å². The van der Waals surface area contributed by atoms with Crippen molar-refractivity contribution in [1.29, 1.82) is 0 Å². The summed E-state index contributed by atoms with van der Waals surface area (Å²) in [6.45, 7) is 4.20. The number of nitrogens with one attached hydrogen (secondary N) is 1.